The number of rotatable bonds is 4. The third-order valence-electron chi connectivity index (χ3n) is 2.56. The molecule has 1 rings (SSSR count). The van der Waals surface area contributed by atoms with Crippen molar-refractivity contribution in [3.8, 4) is 5.75 Å². The van der Waals surface area contributed by atoms with E-state index in [1.165, 1.54) is 31.2 Å². The first-order valence-corrected chi connectivity index (χ1v) is 5.13. The SMILES string of the molecule is CCOC(=O)C(C)(C(=O)O)c1ccc(O)cc1. The van der Waals surface area contributed by atoms with Gasteiger partial charge in [-0.05, 0) is 31.5 Å². The topological polar surface area (TPSA) is 83.8 Å². The molecule has 0 aliphatic carbocycles. The largest absolute Gasteiger partial charge is 0.508 e. The highest BCUT2D eigenvalue weighted by molar-refractivity contribution is 6.05. The maximum absolute atomic E-state index is 11.7. The lowest BCUT2D eigenvalue weighted by Crippen LogP contribution is -2.42. The molecule has 0 aliphatic rings. The van der Waals surface area contributed by atoms with Crippen molar-refractivity contribution in [2.75, 3.05) is 6.61 Å². The van der Waals surface area contributed by atoms with E-state index in [-0.39, 0.29) is 17.9 Å². The number of ether oxygens (including phenoxy) is 1. The van der Waals surface area contributed by atoms with Gasteiger partial charge in [-0.15, -0.1) is 0 Å². The Morgan fingerprint density at radius 1 is 1.29 bits per heavy atom. The fraction of sp³-hybridized carbons (Fsp3) is 0.333. The number of phenolic OH excluding ortho intramolecular Hbond substituents is 1. The maximum Gasteiger partial charge on any atom is 0.327 e. The molecule has 1 unspecified atom stereocenters. The van der Waals surface area contributed by atoms with Crippen LogP contribution in [0.25, 0.3) is 0 Å². The monoisotopic (exact) mass is 238 g/mol. The van der Waals surface area contributed by atoms with Crippen LogP contribution in [-0.4, -0.2) is 28.8 Å². The van der Waals surface area contributed by atoms with Gasteiger partial charge in [0.05, 0.1) is 6.61 Å². The molecule has 0 aliphatic heterocycles. The summed E-state index contributed by atoms with van der Waals surface area (Å²) in [5.41, 5.74) is -1.50. The number of aromatic hydroxyl groups is 1. The molecule has 5 heteroatoms. The summed E-state index contributed by atoms with van der Waals surface area (Å²) in [5, 5.41) is 18.3. The number of aliphatic carboxylic acids is 1. The van der Waals surface area contributed by atoms with Crippen molar-refractivity contribution in [3.63, 3.8) is 0 Å². The minimum absolute atomic E-state index is 0.00495. The third-order valence-corrected chi connectivity index (χ3v) is 2.56. The number of carboxylic acids is 1. The Morgan fingerprint density at radius 2 is 1.82 bits per heavy atom. The fourth-order valence-electron chi connectivity index (χ4n) is 1.40. The first kappa shape index (κ1) is 13.0. The second kappa shape index (κ2) is 4.86. The van der Waals surface area contributed by atoms with E-state index in [1.807, 2.05) is 0 Å². The minimum Gasteiger partial charge on any atom is -0.508 e. The van der Waals surface area contributed by atoms with Gasteiger partial charge in [0.15, 0.2) is 5.41 Å². The molecule has 1 atom stereocenters. The Kier molecular flexibility index (Phi) is 3.73. The van der Waals surface area contributed by atoms with Crippen LogP contribution in [0.1, 0.15) is 19.4 Å². The summed E-state index contributed by atoms with van der Waals surface area (Å²) in [6, 6.07) is 5.44. The molecule has 0 heterocycles. The number of esters is 1. The highest BCUT2D eigenvalue weighted by atomic mass is 16.5. The second-order valence-electron chi connectivity index (χ2n) is 3.70. The van der Waals surface area contributed by atoms with Gasteiger partial charge in [0.1, 0.15) is 5.75 Å². The lowest BCUT2D eigenvalue weighted by atomic mass is 9.82. The molecule has 92 valence electrons. The fourth-order valence-corrected chi connectivity index (χ4v) is 1.40. The first-order chi connectivity index (χ1) is 7.92. The zero-order chi connectivity index (χ0) is 13.1. The van der Waals surface area contributed by atoms with Crippen LogP contribution in [0, 0.1) is 0 Å². The molecular weight excluding hydrogens is 224 g/mol. The van der Waals surface area contributed by atoms with E-state index in [0.29, 0.717) is 0 Å². The van der Waals surface area contributed by atoms with Crippen LogP contribution in [-0.2, 0) is 19.7 Å². The standard InChI is InChI=1S/C12H14O5/c1-3-17-11(16)12(2,10(14)15)8-4-6-9(13)7-5-8/h4-7,13H,3H2,1-2H3,(H,14,15). The predicted molar refractivity (Wildman–Crippen MR) is 59.7 cm³/mol. The van der Waals surface area contributed by atoms with Crippen LogP contribution in [0.15, 0.2) is 24.3 Å². The number of carbonyl (C=O) groups excluding carboxylic acids is 1. The van der Waals surface area contributed by atoms with Crippen molar-refractivity contribution in [1.82, 2.24) is 0 Å². The highest BCUT2D eigenvalue weighted by Gasteiger charge is 2.44. The summed E-state index contributed by atoms with van der Waals surface area (Å²) < 4.78 is 4.77. The molecule has 0 aromatic heterocycles. The Hall–Kier alpha value is -2.04. The maximum atomic E-state index is 11.7. The van der Waals surface area contributed by atoms with Crippen LogP contribution in [0.2, 0.25) is 0 Å². The average Bonchev–Trinajstić information content (AvgIpc) is 2.29. The Morgan fingerprint density at radius 3 is 2.24 bits per heavy atom. The summed E-state index contributed by atoms with van der Waals surface area (Å²) in [7, 11) is 0. The number of benzene rings is 1. The minimum atomic E-state index is -1.76. The Bertz CT molecular complexity index is 423. The number of phenols is 1. The Balaban J connectivity index is 3.20. The van der Waals surface area contributed by atoms with Crippen molar-refractivity contribution in [1.29, 1.82) is 0 Å². The average molecular weight is 238 g/mol. The highest BCUT2D eigenvalue weighted by Crippen LogP contribution is 2.27. The van der Waals surface area contributed by atoms with Crippen LogP contribution in [0.4, 0.5) is 0 Å². The molecule has 1 aromatic rings. The smallest absolute Gasteiger partial charge is 0.327 e. The van der Waals surface area contributed by atoms with Crippen molar-refractivity contribution in [3.05, 3.63) is 29.8 Å². The van der Waals surface area contributed by atoms with Gasteiger partial charge >= 0.3 is 11.9 Å². The van der Waals surface area contributed by atoms with E-state index in [1.54, 1.807) is 6.92 Å². The zero-order valence-electron chi connectivity index (χ0n) is 9.64. The van der Waals surface area contributed by atoms with Crippen LogP contribution in [0.3, 0.4) is 0 Å². The van der Waals surface area contributed by atoms with Crippen LogP contribution in [0.5, 0.6) is 5.75 Å². The molecular formula is C12H14O5. The van der Waals surface area contributed by atoms with E-state index < -0.39 is 17.4 Å². The summed E-state index contributed by atoms with van der Waals surface area (Å²) in [4.78, 5) is 23.0. The van der Waals surface area contributed by atoms with Gasteiger partial charge in [0, 0.05) is 0 Å². The molecule has 0 spiro atoms. The van der Waals surface area contributed by atoms with E-state index in [0.717, 1.165) is 0 Å². The predicted octanol–water partition coefficient (Wildman–Crippen LogP) is 1.30. The molecule has 1 aromatic carbocycles. The first-order valence-electron chi connectivity index (χ1n) is 5.13. The van der Waals surface area contributed by atoms with Crippen molar-refractivity contribution < 1.29 is 24.5 Å². The number of carboxylic acid groups (broad SMARTS) is 1. The Labute approximate surface area is 98.6 Å². The van der Waals surface area contributed by atoms with Gasteiger partial charge < -0.3 is 14.9 Å². The molecule has 0 fully saturated rings. The van der Waals surface area contributed by atoms with Gasteiger partial charge in [-0.3, -0.25) is 9.59 Å². The normalized spacial score (nSPS) is 13.8. The number of hydrogen-bond donors (Lipinski definition) is 2. The molecule has 0 radical (unpaired) electrons. The van der Waals surface area contributed by atoms with Crippen LogP contribution < -0.4 is 0 Å². The molecule has 5 nitrogen and oxygen atoms in total. The molecule has 17 heavy (non-hydrogen) atoms. The summed E-state index contributed by atoms with van der Waals surface area (Å²) >= 11 is 0. The van der Waals surface area contributed by atoms with Crippen molar-refractivity contribution in [2.24, 2.45) is 0 Å². The van der Waals surface area contributed by atoms with E-state index >= 15 is 0 Å². The van der Waals surface area contributed by atoms with Crippen molar-refractivity contribution in [2.45, 2.75) is 19.3 Å². The molecule has 0 saturated carbocycles. The van der Waals surface area contributed by atoms with Gasteiger partial charge in [0.2, 0.25) is 0 Å². The number of hydrogen-bond acceptors (Lipinski definition) is 4. The van der Waals surface area contributed by atoms with Gasteiger partial charge in [-0.2, -0.15) is 0 Å². The lowest BCUT2D eigenvalue weighted by Gasteiger charge is -2.22. The quantitative estimate of drug-likeness (QED) is 0.610. The van der Waals surface area contributed by atoms with Gasteiger partial charge in [-0.25, -0.2) is 0 Å². The number of carbonyl (C=O) groups is 2. The summed E-state index contributed by atoms with van der Waals surface area (Å²) in [6.07, 6.45) is 0. The van der Waals surface area contributed by atoms with E-state index in [4.69, 9.17) is 9.84 Å². The van der Waals surface area contributed by atoms with Crippen molar-refractivity contribution >= 4 is 11.9 Å². The van der Waals surface area contributed by atoms with Crippen LogP contribution >= 0.6 is 0 Å². The summed E-state index contributed by atoms with van der Waals surface area (Å²) in [5.74, 6) is -2.11. The third kappa shape index (κ3) is 2.38. The second-order valence-corrected chi connectivity index (χ2v) is 3.70. The summed E-state index contributed by atoms with van der Waals surface area (Å²) in [6.45, 7) is 3.00. The van der Waals surface area contributed by atoms with E-state index in [2.05, 4.69) is 0 Å². The molecule has 0 saturated heterocycles. The van der Waals surface area contributed by atoms with Gasteiger partial charge in [-0.1, -0.05) is 12.1 Å². The zero-order valence-corrected chi connectivity index (χ0v) is 9.64. The molecule has 0 bridgehead atoms. The van der Waals surface area contributed by atoms with E-state index in [9.17, 15) is 14.7 Å². The molecule has 2 N–H and O–H groups in total. The van der Waals surface area contributed by atoms with Gasteiger partial charge in [0.25, 0.3) is 0 Å². The molecule has 0 amide bonds. The lowest BCUT2D eigenvalue weighted by molar-refractivity contribution is -0.160.